The van der Waals surface area contributed by atoms with Crippen molar-refractivity contribution in [1.82, 2.24) is 10.3 Å². The summed E-state index contributed by atoms with van der Waals surface area (Å²) in [5, 5.41) is 18.5. The number of fused-ring (bicyclic) bond motifs is 3. The molecule has 0 unspecified atom stereocenters. The summed E-state index contributed by atoms with van der Waals surface area (Å²) in [6.07, 6.45) is 4.42. The number of aromatic carboxylic acids is 1. The molecule has 1 saturated carbocycles. The van der Waals surface area contributed by atoms with Crippen LogP contribution in [0.5, 0.6) is 5.75 Å². The van der Waals surface area contributed by atoms with Crippen molar-refractivity contribution in [3.63, 3.8) is 0 Å². The van der Waals surface area contributed by atoms with Crippen molar-refractivity contribution >= 4 is 34.8 Å². The summed E-state index contributed by atoms with van der Waals surface area (Å²) in [6, 6.07) is 12.5. The molecule has 6 rings (SSSR count). The highest BCUT2D eigenvalue weighted by Crippen LogP contribution is 2.43. The van der Waals surface area contributed by atoms with E-state index in [0.717, 1.165) is 58.4 Å². The molecule has 2 aromatic carbocycles. The quantitative estimate of drug-likeness (QED) is 0.166. The first-order valence-electron chi connectivity index (χ1n) is 16.0. The molecule has 9 nitrogen and oxygen atoms in total. The molecule has 0 atom stereocenters. The Morgan fingerprint density at radius 3 is 2.40 bits per heavy atom. The summed E-state index contributed by atoms with van der Waals surface area (Å²) in [5.41, 5.74) is 11.9. The molecule has 2 amide bonds. The number of carbonyl (C=O) groups is 3. The molecule has 5 N–H and O–H groups in total. The van der Waals surface area contributed by atoms with Crippen LogP contribution in [-0.2, 0) is 13.0 Å². The van der Waals surface area contributed by atoms with Crippen LogP contribution in [0.4, 0.5) is 5.69 Å². The number of rotatable bonds is 7. The highest BCUT2D eigenvalue weighted by Gasteiger charge is 2.30. The Hall–Kier alpha value is -4.54. The zero-order valence-electron chi connectivity index (χ0n) is 27.2. The van der Waals surface area contributed by atoms with Crippen LogP contribution in [0.1, 0.15) is 93.1 Å². The lowest BCUT2D eigenvalue weighted by atomic mass is 9.75. The predicted molar refractivity (Wildman–Crippen MR) is 184 cm³/mol. The SMILES string of the molecule is Cc1cc(CN)cc(C)c1NC(=O)c1cc2c(cc1-c1ccc(C(=O)NC3CCC(C)(C)CC3)nc1C(=O)O)OCCc1ccsc1-2. The van der Waals surface area contributed by atoms with E-state index in [1.165, 1.54) is 6.07 Å². The number of pyridine rings is 1. The first kappa shape index (κ1) is 32.4. The monoisotopic (exact) mass is 652 g/mol. The number of aryl methyl sites for hydroxylation is 2. The molecule has 0 radical (unpaired) electrons. The molecule has 10 heteroatoms. The van der Waals surface area contributed by atoms with E-state index in [-0.39, 0.29) is 34.0 Å². The highest BCUT2D eigenvalue weighted by molar-refractivity contribution is 7.13. The van der Waals surface area contributed by atoms with Crippen LogP contribution in [0.3, 0.4) is 0 Å². The first-order valence-corrected chi connectivity index (χ1v) is 16.9. The van der Waals surface area contributed by atoms with E-state index in [1.54, 1.807) is 29.5 Å². The molecule has 244 valence electrons. The molecule has 1 aliphatic heterocycles. The van der Waals surface area contributed by atoms with Gasteiger partial charge in [-0.05, 0) is 103 Å². The molecule has 0 bridgehead atoms. The van der Waals surface area contributed by atoms with Crippen molar-refractivity contribution in [2.75, 3.05) is 11.9 Å². The molecule has 2 aromatic heterocycles. The zero-order valence-corrected chi connectivity index (χ0v) is 28.0. The van der Waals surface area contributed by atoms with Crippen LogP contribution < -0.4 is 21.1 Å². The fourth-order valence-corrected chi connectivity index (χ4v) is 7.62. The number of carboxylic acids is 1. The molecular formula is C37H40N4O5S. The zero-order chi connectivity index (χ0) is 33.5. The van der Waals surface area contributed by atoms with Crippen molar-refractivity contribution in [1.29, 1.82) is 0 Å². The number of benzene rings is 2. The average molecular weight is 653 g/mol. The van der Waals surface area contributed by atoms with Crippen LogP contribution in [0.15, 0.2) is 47.8 Å². The molecule has 1 aliphatic carbocycles. The number of thiophene rings is 1. The number of aromatic nitrogens is 1. The number of carbonyl (C=O) groups excluding carboxylic acids is 2. The second-order valence-corrected chi connectivity index (χ2v) is 14.3. The number of nitrogens with zero attached hydrogens (tertiary/aromatic N) is 1. The van der Waals surface area contributed by atoms with Gasteiger partial charge in [0, 0.05) is 51.8 Å². The molecular weight excluding hydrogens is 612 g/mol. The van der Waals surface area contributed by atoms with Crippen LogP contribution in [0.25, 0.3) is 21.6 Å². The Labute approximate surface area is 278 Å². The number of hydrogen-bond acceptors (Lipinski definition) is 7. The van der Waals surface area contributed by atoms with Gasteiger partial charge in [0.25, 0.3) is 11.8 Å². The summed E-state index contributed by atoms with van der Waals surface area (Å²) in [6.45, 7) is 9.10. The normalized spacial score (nSPS) is 15.5. The summed E-state index contributed by atoms with van der Waals surface area (Å²) in [7, 11) is 0. The van der Waals surface area contributed by atoms with Crippen LogP contribution >= 0.6 is 11.3 Å². The van der Waals surface area contributed by atoms with Crippen molar-refractivity contribution in [3.8, 4) is 27.3 Å². The lowest BCUT2D eigenvalue weighted by Crippen LogP contribution is -2.39. The van der Waals surface area contributed by atoms with Crippen LogP contribution in [0.2, 0.25) is 0 Å². The van der Waals surface area contributed by atoms with Gasteiger partial charge >= 0.3 is 5.97 Å². The molecule has 1 fully saturated rings. The van der Waals surface area contributed by atoms with Crippen LogP contribution in [0, 0.1) is 19.3 Å². The van der Waals surface area contributed by atoms with Crippen molar-refractivity contribution < 1.29 is 24.2 Å². The van der Waals surface area contributed by atoms with Gasteiger partial charge in [0.05, 0.1) is 6.61 Å². The summed E-state index contributed by atoms with van der Waals surface area (Å²) in [5.74, 6) is -1.57. The van der Waals surface area contributed by atoms with Gasteiger partial charge in [0.15, 0.2) is 5.69 Å². The summed E-state index contributed by atoms with van der Waals surface area (Å²) < 4.78 is 6.16. The van der Waals surface area contributed by atoms with E-state index >= 15 is 0 Å². The van der Waals surface area contributed by atoms with E-state index in [4.69, 9.17) is 10.5 Å². The molecule has 3 heterocycles. The molecule has 4 aromatic rings. The van der Waals surface area contributed by atoms with Crippen LogP contribution in [-0.4, -0.2) is 40.5 Å². The minimum absolute atomic E-state index is 0.00952. The standard InChI is InChI=1S/C37H40N4O5S/c1-20-15-22(19-38)16-21(2)31(20)41-34(42)27-17-28-30(46-13-9-23-10-14-47-33(23)28)18-26(27)25-5-6-29(40-32(25)36(44)45)35(43)39-24-7-11-37(3,4)12-8-24/h5-6,10,14-18,24H,7-9,11-13,19,38H2,1-4H3,(H,39,43)(H,41,42)(H,44,45). The minimum atomic E-state index is -1.30. The smallest absolute Gasteiger partial charge is 0.355 e. The third-order valence-corrected chi connectivity index (χ3v) is 10.3. The Balaban J connectivity index is 1.42. The number of hydrogen-bond donors (Lipinski definition) is 4. The highest BCUT2D eigenvalue weighted by atomic mass is 32.1. The maximum atomic E-state index is 14.2. The molecule has 0 spiro atoms. The third kappa shape index (κ3) is 6.66. The number of anilines is 1. The summed E-state index contributed by atoms with van der Waals surface area (Å²) in [4.78, 5) is 45.5. The van der Waals surface area contributed by atoms with Crippen molar-refractivity contribution in [2.45, 2.75) is 72.4 Å². The predicted octanol–water partition coefficient (Wildman–Crippen LogP) is 7.14. The van der Waals surface area contributed by atoms with E-state index in [9.17, 15) is 19.5 Å². The minimum Gasteiger partial charge on any atom is -0.493 e. The summed E-state index contributed by atoms with van der Waals surface area (Å²) >= 11 is 1.57. The van der Waals surface area contributed by atoms with Gasteiger partial charge in [-0.25, -0.2) is 9.78 Å². The second kappa shape index (κ2) is 12.9. The van der Waals surface area contributed by atoms with E-state index < -0.39 is 17.8 Å². The first-order chi connectivity index (χ1) is 22.4. The van der Waals surface area contributed by atoms with E-state index in [2.05, 4.69) is 35.5 Å². The van der Waals surface area contributed by atoms with Gasteiger partial charge in [-0.15, -0.1) is 11.3 Å². The molecule has 47 heavy (non-hydrogen) atoms. The number of carboxylic acid groups (broad SMARTS) is 1. The Morgan fingerprint density at radius 2 is 1.72 bits per heavy atom. The third-order valence-electron chi connectivity index (χ3n) is 9.35. The number of amides is 2. The van der Waals surface area contributed by atoms with Gasteiger partial charge in [-0.1, -0.05) is 26.0 Å². The lowest BCUT2D eigenvalue weighted by molar-refractivity contribution is 0.0691. The van der Waals surface area contributed by atoms with Gasteiger partial charge < -0.3 is 26.2 Å². The van der Waals surface area contributed by atoms with Crippen molar-refractivity contribution in [2.24, 2.45) is 11.1 Å². The second-order valence-electron chi connectivity index (χ2n) is 13.3. The maximum absolute atomic E-state index is 14.2. The molecule has 2 aliphatic rings. The topological polar surface area (TPSA) is 144 Å². The lowest BCUT2D eigenvalue weighted by Gasteiger charge is -2.34. The van der Waals surface area contributed by atoms with E-state index in [0.29, 0.717) is 36.6 Å². The number of nitrogens with two attached hydrogens (primary N) is 1. The average Bonchev–Trinajstić information content (AvgIpc) is 3.44. The fraction of sp³-hybridized carbons (Fsp3) is 0.351. The molecule has 0 saturated heterocycles. The maximum Gasteiger partial charge on any atom is 0.355 e. The fourth-order valence-electron chi connectivity index (χ4n) is 6.65. The number of nitrogens with one attached hydrogen (secondary N) is 2. The van der Waals surface area contributed by atoms with Gasteiger partial charge in [-0.2, -0.15) is 0 Å². The van der Waals surface area contributed by atoms with Gasteiger partial charge in [-0.3, -0.25) is 9.59 Å². The number of ether oxygens (including phenoxy) is 1. The van der Waals surface area contributed by atoms with Gasteiger partial charge in [0.1, 0.15) is 11.4 Å². The Morgan fingerprint density at radius 1 is 1.00 bits per heavy atom. The largest absolute Gasteiger partial charge is 0.493 e. The van der Waals surface area contributed by atoms with Gasteiger partial charge in [0.2, 0.25) is 0 Å². The van der Waals surface area contributed by atoms with Crippen molar-refractivity contribution in [3.05, 3.63) is 87.0 Å². The Bertz CT molecular complexity index is 1860. The Kier molecular flexibility index (Phi) is 8.91. The van der Waals surface area contributed by atoms with E-state index in [1.807, 2.05) is 31.4 Å².